The minimum Gasteiger partial charge on any atom is -0.458 e. The van der Waals surface area contributed by atoms with Gasteiger partial charge in [0, 0.05) is 0 Å². The molecule has 0 saturated heterocycles. The fraction of sp³-hybridized carbons (Fsp3) is 0.556. The fourth-order valence-corrected chi connectivity index (χ4v) is 0.680. The van der Waals surface area contributed by atoms with Crippen molar-refractivity contribution in [3.05, 3.63) is 11.8 Å². The van der Waals surface area contributed by atoms with Crippen molar-refractivity contribution in [2.75, 3.05) is 7.11 Å². The zero-order valence-electron chi connectivity index (χ0n) is 8.79. The molecule has 0 fully saturated rings. The summed E-state index contributed by atoms with van der Waals surface area (Å²) < 4.78 is 9.21. The topological polar surface area (TPSA) is 64.6 Å². The molecule has 14 heavy (non-hydrogen) atoms. The Morgan fingerprint density at radius 1 is 1.36 bits per heavy atom. The van der Waals surface area contributed by atoms with E-state index in [4.69, 9.17) is 4.74 Å². The van der Waals surface area contributed by atoms with Gasteiger partial charge in [-0.05, 0) is 20.8 Å². The van der Waals surface area contributed by atoms with Crippen LogP contribution in [0, 0.1) is 0 Å². The SMILES string of the molecule is C/C=C(\NC(=O)OC)C(=O)OC(C)C. The molecule has 5 nitrogen and oxygen atoms in total. The Labute approximate surface area is 83.1 Å². The van der Waals surface area contributed by atoms with E-state index in [9.17, 15) is 9.59 Å². The van der Waals surface area contributed by atoms with E-state index < -0.39 is 12.1 Å². The van der Waals surface area contributed by atoms with E-state index in [-0.39, 0.29) is 11.8 Å². The molecule has 0 radical (unpaired) electrons. The lowest BCUT2D eigenvalue weighted by Gasteiger charge is -2.10. The van der Waals surface area contributed by atoms with Crippen LogP contribution in [0.3, 0.4) is 0 Å². The number of hydrogen-bond donors (Lipinski definition) is 1. The Morgan fingerprint density at radius 3 is 2.29 bits per heavy atom. The quantitative estimate of drug-likeness (QED) is 0.550. The van der Waals surface area contributed by atoms with Gasteiger partial charge in [0.15, 0.2) is 0 Å². The highest BCUT2D eigenvalue weighted by molar-refractivity contribution is 5.92. The molecule has 0 rings (SSSR count). The van der Waals surface area contributed by atoms with Crippen molar-refractivity contribution in [2.24, 2.45) is 0 Å². The van der Waals surface area contributed by atoms with E-state index in [1.807, 2.05) is 0 Å². The first-order valence-corrected chi connectivity index (χ1v) is 4.23. The highest BCUT2D eigenvalue weighted by Gasteiger charge is 2.14. The van der Waals surface area contributed by atoms with Crippen molar-refractivity contribution in [2.45, 2.75) is 26.9 Å². The Bertz CT molecular complexity index is 245. The van der Waals surface area contributed by atoms with Crippen molar-refractivity contribution < 1.29 is 19.1 Å². The molecule has 0 bridgehead atoms. The monoisotopic (exact) mass is 201 g/mol. The van der Waals surface area contributed by atoms with Gasteiger partial charge in [-0.1, -0.05) is 6.08 Å². The maximum absolute atomic E-state index is 11.3. The van der Waals surface area contributed by atoms with Gasteiger partial charge in [0.2, 0.25) is 0 Å². The number of ether oxygens (including phenoxy) is 2. The average molecular weight is 201 g/mol. The van der Waals surface area contributed by atoms with Gasteiger partial charge in [-0.2, -0.15) is 0 Å². The molecule has 0 aromatic rings. The third-order valence-electron chi connectivity index (χ3n) is 1.27. The summed E-state index contributed by atoms with van der Waals surface area (Å²) in [4.78, 5) is 22.1. The number of esters is 1. The summed E-state index contributed by atoms with van der Waals surface area (Å²) in [6.45, 7) is 5.07. The van der Waals surface area contributed by atoms with E-state index in [1.54, 1.807) is 20.8 Å². The van der Waals surface area contributed by atoms with Gasteiger partial charge < -0.3 is 9.47 Å². The van der Waals surface area contributed by atoms with Crippen molar-refractivity contribution in [3.8, 4) is 0 Å². The molecule has 5 heteroatoms. The third-order valence-corrected chi connectivity index (χ3v) is 1.27. The van der Waals surface area contributed by atoms with Crippen LogP contribution >= 0.6 is 0 Å². The van der Waals surface area contributed by atoms with Crippen LogP contribution in [0.1, 0.15) is 20.8 Å². The van der Waals surface area contributed by atoms with Crippen LogP contribution in [0.15, 0.2) is 11.8 Å². The number of rotatable bonds is 3. The Kier molecular flexibility index (Phi) is 5.36. The van der Waals surface area contributed by atoms with Crippen LogP contribution in [0.25, 0.3) is 0 Å². The second kappa shape index (κ2) is 6.01. The molecule has 0 heterocycles. The second-order valence-electron chi connectivity index (χ2n) is 2.77. The summed E-state index contributed by atoms with van der Waals surface area (Å²) in [5.74, 6) is -0.576. The zero-order chi connectivity index (χ0) is 11.1. The number of allylic oxidation sites excluding steroid dienone is 1. The summed E-state index contributed by atoms with van der Waals surface area (Å²) in [5.41, 5.74) is 0.0746. The molecule has 0 aromatic carbocycles. The summed E-state index contributed by atoms with van der Waals surface area (Å²) in [7, 11) is 1.22. The van der Waals surface area contributed by atoms with Gasteiger partial charge in [-0.3, -0.25) is 5.32 Å². The second-order valence-corrected chi connectivity index (χ2v) is 2.77. The average Bonchev–Trinajstić information content (AvgIpc) is 2.12. The van der Waals surface area contributed by atoms with E-state index in [2.05, 4.69) is 10.1 Å². The van der Waals surface area contributed by atoms with E-state index >= 15 is 0 Å². The molecule has 1 amide bonds. The van der Waals surface area contributed by atoms with Gasteiger partial charge in [0.1, 0.15) is 5.70 Å². The largest absolute Gasteiger partial charge is 0.458 e. The van der Waals surface area contributed by atoms with Crippen molar-refractivity contribution in [1.82, 2.24) is 5.32 Å². The van der Waals surface area contributed by atoms with Crippen molar-refractivity contribution >= 4 is 12.1 Å². The number of amides is 1. The van der Waals surface area contributed by atoms with E-state index in [0.717, 1.165) is 0 Å². The molecule has 0 unspecified atom stereocenters. The van der Waals surface area contributed by atoms with Crippen molar-refractivity contribution in [1.29, 1.82) is 0 Å². The number of alkyl carbamates (subject to hydrolysis) is 1. The fourth-order valence-electron chi connectivity index (χ4n) is 0.680. The first-order valence-electron chi connectivity index (χ1n) is 4.23. The van der Waals surface area contributed by atoms with Crippen LogP contribution in [-0.2, 0) is 14.3 Å². The molecule has 80 valence electrons. The third kappa shape index (κ3) is 4.49. The molecule has 0 aliphatic heterocycles. The summed E-state index contributed by atoms with van der Waals surface area (Å²) in [6.07, 6.45) is 0.525. The lowest BCUT2D eigenvalue weighted by molar-refractivity contribution is -0.143. The molecule has 0 atom stereocenters. The number of methoxy groups -OCH3 is 1. The zero-order valence-corrected chi connectivity index (χ0v) is 8.79. The highest BCUT2D eigenvalue weighted by atomic mass is 16.6. The number of hydrogen-bond acceptors (Lipinski definition) is 4. The van der Waals surface area contributed by atoms with Crippen LogP contribution in [-0.4, -0.2) is 25.3 Å². The number of carbonyl (C=O) groups excluding carboxylic acids is 2. The summed E-state index contributed by atoms with van der Waals surface area (Å²) in [6, 6.07) is 0. The predicted octanol–water partition coefficient (Wildman–Crippen LogP) is 1.20. The molecule has 0 saturated carbocycles. The maximum atomic E-state index is 11.3. The van der Waals surface area contributed by atoms with Crippen LogP contribution in [0.4, 0.5) is 4.79 Å². The lowest BCUT2D eigenvalue weighted by Crippen LogP contribution is -2.29. The van der Waals surface area contributed by atoms with Gasteiger partial charge in [0.25, 0.3) is 0 Å². The summed E-state index contributed by atoms with van der Waals surface area (Å²) in [5, 5.41) is 2.25. The summed E-state index contributed by atoms with van der Waals surface area (Å²) >= 11 is 0. The number of nitrogens with one attached hydrogen (secondary N) is 1. The molecule has 1 N–H and O–H groups in total. The van der Waals surface area contributed by atoms with E-state index in [0.29, 0.717) is 0 Å². The first-order chi connectivity index (χ1) is 6.51. The minimum absolute atomic E-state index is 0.0746. The molecule has 0 spiro atoms. The van der Waals surface area contributed by atoms with E-state index in [1.165, 1.54) is 13.2 Å². The Morgan fingerprint density at radius 2 is 1.93 bits per heavy atom. The van der Waals surface area contributed by atoms with Crippen LogP contribution < -0.4 is 5.32 Å². The van der Waals surface area contributed by atoms with Gasteiger partial charge in [-0.25, -0.2) is 9.59 Å². The van der Waals surface area contributed by atoms with Gasteiger partial charge in [0.05, 0.1) is 13.2 Å². The Hall–Kier alpha value is -1.52. The predicted molar refractivity (Wildman–Crippen MR) is 50.5 cm³/mol. The van der Waals surface area contributed by atoms with Crippen LogP contribution in [0.2, 0.25) is 0 Å². The van der Waals surface area contributed by atoms with Gasteiger partial charge >= 0.3 is 12.1 Å². The molecule has 0 aromatic heterocycles. The molecule has 0 aliphatic carbocycles. The highest BCUT2D eigenvalue weighted by Crippen LogP contribution is 1.98. The lowest BCUT2D eigenvalue weighted by atomic mass is 10.4. The first kappa shape index (κ1) is 12.5. The molecular formula is C9H15NO4. The number of carbonyl (C=O) groups is 2. The minimum atomic E-state index is -0.696. The maximum Gasteiger partial charge on any atom is 0.411 e. The smallest absolute Gasteiger partial charge is 0.411 e. The van der Waals surface area contributed by atoms with Gasteiger partial charge in [-0.15, -0.1) is 0 Å². The molecule has 0 aliphatic rings. The van der Waals surface area contributed by atoms with Crippen molar-refractivity contribution in [3.63, 3.8) is 0 Å². The standard InChI is InChI=1S/C9H15NO4/c1-5-7(10-9(12)13-4)8(11)14-6(2)3/h5-6H,1-4H3,(H,10,12)/b7-5-. The Balaban J connectivity index is 4.29. The van der Waals surface area contributed by atoms with Crippen LogP contribution in [0.5, 0.6) is 0 Å². The molecular weight excluding hydrogens is 186 g/mol. The normalized spacial score (nSPS) is 11.1.